The lowest BCUT2D eigenvalue weighted by molar-refractivity contribution is -0.171. The van der Waals surface area contributed by atoms with Gasteiger partial charge in [-0.3, -0.25) is 4.79 Å². The summed E-state index contributed by atoms with van der Waals surface area (Å²) in [6, 6.07) is -1.63. The number of allylic oxidation sites excluding steroid dienone is 2. The van der Waals surface area contributed by atoms with E-state index in [9.17, 15) is 18.0 Å². The van der Waals surface area contributed by atoms with Crippen molar-refractivity contribution in [2.24, 2.45) is 5.73 Å². The number of carbonyl (C=O) groups excluding carboxylic acids is 1. The first-order valence-electron chi connectivity index (χ1n) is 4.32. The van der Waals surface area contributed by atoms with Crippen LogP contribution < -0.4 is 5.73 Å². The van der Waals surface area contributed by atoms with E-state index in [0.29, 0.717) is 0 Å². The number of hydrogen-bond donors (Lipinski definition) is 1. The van der Waals surface area contributed by atoms with Crippen LogP contribution in [0.25, 0.3) is 0 Å². The van der Waals surface area contributed by atoms with Crippen LogP contribution in [-0.4, -0.2) is 29.6 Å². The first kappa shape index (κ1) is 11.6. The van der Waals surface area contributed by atoms with Crippen LogP contribution in [0.15, 0.2) is 23.9 Å². The molecule has 0 bridgehead atoms. The summed E-state index contributed by atoms with van der Waals surface area (Å²) in [7, 11) is 0. The van der Waals surface area contributed by atoms with Crippen molar-refractivity contribution in [1.82, 2.24) is 4.90 Å². The van der Waals surface area contributed by atoms with E-state index in [1.807, 2.05) is 0 Å². The fourth-order valence-electron chi connectivity index (χ4n) is 1.19. The number of carbonyl (C=O) groups is 1. The van der Waals surface area contributed by atoms with E-state index in [0.717, 1.165) is 11.8 Å². The highest BCUT2D eigenvalue weighted by Crippen LogP contribution is 2.26. The van der Waals surface area contributed by atoms with E-state index in [-0.39, 0.29) is 12.1 Å². The summed E-state index contributed by atoms with van der Waals surface area (Å²) in [5.41, 5.74) is 5.16. The van der Waals surface area contributed by atoms with Crippen LogP contribution in [0.2, 0.25) is 0 Å². The Morgan fingerprint density at radius 2 is 2.20 bits per heavy atom. The smallest absolute Gasteiger partial charge is 0.366 e. The predicted octanol–water partition coefficient (Wildman–Crippen LogP) is 1.18. The fourth-order valence-corrected chi connectivity index (χ4v) is 1.19. The van der Waals surface area contributed by atoms with Crippen LogP contribution in [0, 0.1) is 0 Å². The molecule has 1 rings (SSSR count). The van der Waals surface area contributed by atoms with Crippen molar-refractivity contribution in [3.8, 4) is 0 Å². The third kappa shape index (κ3) is 2.74. The normalized spacial score (nSPS) is 18.7. The zero-order valence-electron chi connectivity index (χ0n) is 8.08. The minimum Gasteiger partial charge on any atom is -0.366 e. The molecule has 0 spiro atoms. The Morgan fingerprint density at radius 3 is 2.67 bits per heavy atom. The van der Waals surface area contributed by atoms with Gasteiger partial charge in [-0.15, -0.1) is 0 Å². The van der Waals surface area contributed by atoms with E-state index in [1.165, 1.54) is 18.4 Å². The Hall–Kier alpha value is -1.46. The number of halogens is 3. The molecule has 1 amide bonds. The minimum atomic E-state index is -4.32. The van der Waals surface area contributed by atoms with Gasteiger partial charge in [0.05, 0.1) is 0 Å². The molecule has 0 saturated carbocycles. The molecule has 0 radical (unpaired) electrons. The fraction of sp³-hybridized carbons (Fsp3) is 0.444. The summed E-state index contributed by atoms with van der Waals surface area (Å²) < 4.78 is 37.1. The van der Waals surface area contributed by atoms with Crippen molar-refractivity contribution in [2.75, 3.05) is 6.54 Å². The quantitative estimate of drug-likeness (QED) is 0.759. The van der Waals surface area contributed by atoms with Gasteiger partial charge >= 0.3 is 6.18 Å². The van der Waals surface area contributed by atoms with Gasteiger partial charge in [-0.2, -0.15) is 13.2 Å². The van der Waals surface area contributed by atoms with Crippen molar-refractivity contribution >= 4 is 5.91 Å². The molecule has 1 atom stereocenters. The van der Waals surface area contributed by atoms with Crippen LogP contribution >= 0.6 is 0 Å². The maximum atomic E-state index is 12.4. The monoisotopic (exact) mass is 220 g/mol. The summed E-state index contributed by atoms with van der Waals surface area (Å²) in [4.78, 5) is 11.8. The molecule has 1 aliphatic rings. The van der Waals surface area contributed by atoms with E-state index >= 15 is 0 Å². The predicted molar refractivity (Wildman–Crippen MR) is 48.6 cm³/mol. The van der Waals surface area contributed by atoms with Gasteiger partial charge in [0.25, 0.3) is 0 Å². The molecule has 0 aliphatic carbocycles. The van der Waals surface area contributed by atoms with Crippen molar-refractivity contribution in [2.45, 2.75) is 19.1 Å². The van der Waals surface area contributed by atoms with Crippen LogP contribution in [0.3, 0.4) is 0 Å². The molecule has 0 aromatic rings. The van der Waals surface area contributed by atoms with Crippen molar-refractivity contribution in [3.63, 3.8) is 0 Å². The van der Waals surface area contributed by atoms with Gasteiger partial charge in [0.15, 0.2) is 0 Å². The van der Waals surface area contributed by atoms with Gasteiger partial charge < -0.3 is 10.6 Å². The van der Waals surface area contributed by atoms with E-state index in [4.69, 9.17) is 5.73 Å². The van der Waals surface area contributed by atoms with Crippen molar-refractivity contribution < 1.29 is 18.0 Å². The molecular weight excluding hydrogens is 209 g/mol. The molecule has 84 valence electrons. The van der Waals surface area contributed by atoms with E-state index < -0.39 is 18.1 Å². The highest BCUT2D eigenvalue weighted by molar-refractivity contribution is 5.92. The Labute approximate surface area is 85.0 Å². The number of rotatable bonds is 2. The second-order valence-corrected chi connectivity index (χ2v) is 3.29. The van der Waals surface area contributed by atoms with Gasteiger partial charge in [-0.1, -0.05) is 6.08 Å². The highest BCUT2D eigenvalue weighted by Gasteiger charge is 2.39. The van der Waals surface area contributed by atoms with Gasteiger partial charge in [0.2, 0.25) is 5.91 Å². The number of hydrogen-bond acceptors (Lipinski definition) is 2. The first-order valence-corrected chi connectivity index (χ1v) is 4.32. The zero-order valence-corrected chi connectivity index (χ0v) is 8.08. The maximum Gasteiger partial charge on any atom is 0.408 e. The lowest BCUT2D eigenvalue weighted by Gasteiger charge is -2.31. The second kappa shape index (κ2) is 3.96. The molecule has 0 saturated heterocycles. The summed E-state index contributed by atoms with van der Waals surface area (Å²) in [5.74, 6) is -0.696. The van der Waals surface area contributed by atoms with Gasteiger partial charge in [-0.05, 0) is 13.0 Å². The summed E-state index contributed by atoms with van der Waals surface area (Å²) in [6.45, 7) is 0.931. The SMILES string of the molecule is CC(N1C=CC=C(C(N)=O)C1)C(F)(F)F. The maximum absolute atomic E-state index is 12.4. The molecule has 1 unspecified atom stereocenters. The van der Waals surface area contributed by atoms with Crippen molar-refractivity contribution in [3.05, 3.63) is 23.9 Å². The average molecular weight is 220 g/mol. The molecule has 0 aromatic carbocycles. The molecule has 1 aliphatic heterocycles. The molecule has 3 nitrogen and oxygen atoms in total. The van der Waals surface area contributed by atoms with Gasteiger partial charge in [0, 0.05) is 18.3 Å². The van der Waals surface area contributed by atoms with E-state index in [1.54, 1.807) is 0 Å². The lowest BCUT2D eigenvalue weighted by Crippen LogP contribution is -2.43. The van der Waals surface area contributed by atoms with Crippen molar-refractivity contribution in [1.29, 1.82) is 0 Å². The highest BCUT2D eigenvalue weighted by atomic mass is 19.4. The minimum absolute atomic E-state index is 0.105. The topological polar surface area (TPSA) is 46.3 Å². The molecular formula is C9H11F3N2O. The average Bonchev–Trinajstić information content (AvgIpc) is 2.15. The molecule has 6 heteroatoms. The standard InChI is InChI=1S/C9H11F3N2O/c1-6(9(10,11)12)14-4-2-3-7(5-14)8(13)15/h2-4,6H,5H2,1H3,(H2,13,15). The first-order chi connectivity index (χ1) is 6.82. The molecule has 0 fully saturated rings. The summed E-state index contributed by atoms with van der Waals surface area (Å²) in [6.07, 6.45) is -0.219. The number of primary amides is 1. The molecule has 1 heterocycles. The number of amides is 1. The molecule has 0 aromatic heterocycles. The number of nitrogens with zero attached hydrogens (tertiary/aromatic N) is 1. The molecule has 2 N–H and O–H groups in total. The molecule has 15 heavy (non-hydrogen) atoms. The Balaban J connectivity index is 2.74. The van der Waals surface area contributed by atoms with Crippen LogP contribution in [0.5, 0.6) is 0 Å². The number of alkyl halides is 3. The van der Waals surface area contributed by atoms with Crippen LogP contribution in [0.4, 0.5) is 13.2 Å². The Kier molecular flexibility index (Phi) is 3.06. The number of nitrogens with two attached hydrogens (primary N) is 1. The summed E-state index contributed by atoms with van der Waals surface area (Å²) >= 11 is 0. The largest absolute Gasteiger partial charge is 0.408 e. The van der Waals surface area contributed by atoms with Crippen LogP contribution in [-0.2, 0) is 4.79 Å². The van der Waals surface area contributed by atoms with Crippen LogP contribution in [0.1, 0.15) is 6.92 Å². The summed E-state index contributed by atoms with van der Waals surface area (Å²) in [5, 5.41) is 0. The second-order valence-electron chi connectivity index (χ2n) is 3.29. The third-order valence-corrected chi connectivity index (χ3v) is 2.22. The van der Waals surface area contributed by atoms with Gasteiger partial charge in [-0.25, -0.2) is 0 Å². The van der Waals surface area contributed by atoms with E-state index in [2.05, 4.69) is 0 Å². The van der Waals surface area contributed by atoms with Gasteiger partial charge in [0.1, 0.15) is 6.04 Å². The zero-order chi connectivity index (χ0) is 11.6. The Bertz CT molecular complexity index is 320. The third-order valence-electron chi connectivity index (χ3n) is 2.22. The lowest BCUT2D eigenvalue weighted by atomic mass is 10.1. The Morgan fingerprint density at radius 1 is 1.60 bits per heavy atom.